The monoisotopic (exact) mass is 292 g/mol. The molecule has 1 N–H and O–H groups in total. The Morgan fingerprint density at radius 3 is 2.68 bits per heavy atom. The van der Waals surface area contributed by atoms with Crippen molar-refractivity contribution < 1.29 is 22.7 Å². The van der Waals surface area contributed by atoms with Gasteiger partial charge >= 0.3 is 5.97 Å². The van der Waals surface area contributed by atoms with Gasteiger partial charge in [0.05, 0.1) is 19.3 Å². The molecule has 1 unspecified atom stereocenters. The van der Waals surface area contributed by atoms with Crippen LogP contribution < -0.4 is 5.32 Å². The average Bonchev–Trinajstić information content (AvgIpc) is 2.77. The Hall–Kier alpha value is -1.15. The highest BCUT2D eigenvalue weighted by molar-refractivity contribution is 7.88. The SMILES string of the molecule is CCOC(=O)CCNC(=O)C1CCCN1S(C)(=O)=O. The highest BCUT2D eigenvalue weighted by Gasteiger charge is 2.36. The highest BCUT2D eigenvalue weighted by Crippen LogP contribution is 2.20. The number of rotatable bonds is 6. The minimum atomic E-state index is -3.37. The topological polar surface area (TPSA) is 92.8 Å². The molecule has 0 saturated carbocycles. The van der Waals surface area contributed by atoms with Crippen molar-refractivity contribution in [2.45, 2.75) is 32.2 Å². The predicted octanol–water partition coefficient (Wildman–Crippen LogP) is -0.520. The van der Waals surface area contributed by atoms with Gasteiger partial charge in [-0.25, -0.2) is 8.42 Å². The molecule has 1 aliphatic rings. The molecule has 0 radical (unpaired) electrons. The molecule has 1 atom stereocenters. The maximum absolute atomic E-state index is 11.9. The first-order valence-electron chi connectivity index (χ1n) is 6.26. The lowest BCUT2D eigenvalue weighted by Gasteiger charge is -2.21. The van der Waals surface area contributed by atoms with Gasteiger partial charge in [0.15, 0.2) is 0 Å². The number of ether oxygens (including phenoxy) is 1. The number of nitrogens with zero attached hydrogens (tertiary/aromatic N) is 1. The third kappa shape index (κ3) is 4.79. The van der Waals surface area contributed by atoms with E-state index in [1.165, 1.54) is 4.31 Å². The van der Waals surface area contributed by atoms with E-state index in [1.54, 1.807) is 6.92 Å². The van der Waals surface area contributed by atoms with Crippen LogP contribution in [-0.4, -0.2) is 56.6 Å². The van der Waals surface area contributed by atoms with Crippen LogP contribution in [0.4, 0.5) is 0 Å². The zero-order chi connectivity index (χ0) is 14.5. The number of hydrogen-bond acceptors (Lipinski definition) is 5. The van der Waals surface area contributed by atoms with Gasteiger partial charge in [-0.05, 0) is 19.8 Å². The number of carbonyl (C=O) groups is 2. The first-order chi connectivity index (χ1) is 8.86. The summed E-state index contributed by atoms with van der Waals surface area (Å²) in [6.07, 6.45) is 2.36. The number of carbonyl (C=O) groups excluding carboxylic acids is 2. The van der Waals surface area contributed by atoms with E-state index in [0.717, 1.165) is 6.26 Å². The summed E-state index contributed by atoms with van der Waals surface area (Å²) in [7, 11) is -3.37. The Morgan fingerprint density at radius 1 is 1.42 bits per heavy atom. The zero-order valence-corrected chi connectivity index (χ0v) is 12.0. The average molecular weight is 292 g/mol. The zero-order valence-electron chi connectivity index (χ0n) is 11.2. The summed E-state index contributed by atoms with van der Waals surface area (Å²) in [6, 6.07) is -0.655. The van der Waals surface area contributed by atoms with E-state index in [1.807, 2.05) is 0 Å². The molecule has 7 nitrogen and oxygen atoms in total. The Balaban J connectivity index is 2.43. The number of sulfonamides is 1. The number of nitrogens with one attached hydrogen (secondary N) is 1. The molecular weight excluding hydrogens is 272 g/mol. The largest absolute Gasteiger partial charge is 0.466 e. The van der Waals surface area contributed by atoms with Crippen LogP contribution in [0.3, 0.4) is 0 Å². The maximum Gasteiger partial charge on any atom is 0.307 e. The summed E-state index contributed by atoms with van der Waals surface area (Å²) >= 11 is 0. The molecule has 19 heavy (non-hydrogen) atoms. The van der Waals surface area contributed by atoms with Crippen LogP contribution in [0.2, 0.25) is 0 Å². The van der Waals surface area contributed by atoms with Crippen molar-refractivity contribution in [2.24, 2.45) is 0 Å². The third-order valence-electron chi connectivity index (χ3n) is 2.87. The summed E-state index contributed by atoms with van der Waals surface area (Å²) in [4.78, 5) is 23.0. The van der Waals surface area contributed by atoms with Crippen LogP contribution in [0.1, 0.15) is 26.2 Å². The molecule has 0 aromatic heterocycles. The molecule has 8 heteroatoms. The normalized spacial score (nSPS) is 20.2. The Bertz CT molecular complexity index is 434. The van der Waals surface area contributed by atoms with E-state index >= 15 is 0 Å². The molecule has 1 fully saturated rings. The summed E-state index contributed by atoms with van der Waals surface area (Å²) in [5.74, 6) is -0.735. The minimum absolute atomic E-state index is 0.0885. The van der Waals surface area contributed by atoms with E-state index in [9.17, 15) is 18.0 Å². The van der Waals surface area contributed by atoms with Crippen LogP contribution in [0.5, 0.6) is 0 Å². The van der Waals surface area contributed by atoms with Crippen molar-refractivity contribution in [2.75, 3.05) is 26.0 Å². The van der Waals surface area contributed by atoms with Crippen LogP contribution in [-0.2, 0) is 24.3 Å². The van der Waals surface area contributed by atoms with Crippen LogP contribution in [0, 0.1) is 0 Å². The fraction of sp³-hybridized carbons (Fsp3) is 0.818. The van der Waals surface area contributed by atoms with Crippen molar-refractivity contribution >= 4 is 21.9 Å². The molecule has 0 bridgehead atoms. The number of esters is 1. The van der Waals surface area contributed by atoms with Gasteiger partial charge in [0, 0.05) is 13.1 Å². The van der Waals surface area contributed by atoms with Crippen molar-refractivity contribution in [3.05, 3.63) is 0 Å². The molecule has 1 saturated heterocycles. The first kappa shape index (κ1) is 15.9. The van der Waals surface area contributed by atoms with E-state index in [0.29, 0.717) is 26.0 Å². The van der Waals surface area contributed by atoms with Gasteiger partial charge in [-0.15, -0.1) is 0 Å². The van der Waals surface area contributed by atoms with Gasteiger partial charge in [0.25, 0.3) is 0 Å². The quantitative estimate of drug-likeness (QED) is 0.665. The molecule has 0 spiro atoms. The van der Waals surface area contributed by atoms with E-state index in [4.69, 9.17) is 4.74 Å². The second kappa shape index (κ2) is 6.85. The fourth-order valence-corrected chi connectivity index (χ4v) is 3.16. The molecule has 1 amide bonds. The summed E-state index contributed by atoms with van der Waals surface area (Å²) in [6.45, 7) is 2.54. The predicted molar refractivity (Wildman–Crippen MR) is 68.8 cm³/mol. The third-order valence-corrected chi connectivity index (χ3v) is 4.16. The molecule has 0 aliphatic carbocycles. The molecule has 1 rings (SSSR count). The summed E-state index contributed by atoms with van der Waals surface area (Å²) < 4.78 is 28.9. The van der Waals surface area contributed by atoms with Crippen molar-refractivity contribution in [1.29, 1.82) is 0 Å². The Morgan fingerprint density at radius 2 is 2.11 bits per heavy atom. The second-order valence-corrected chi connectivity index (χ2v) is 6.31. The molecule has 0 aromatic carbocycles. The lowest BCUT2D eigenvalue weighted by Crippen LogP contribution is -2.45. The molecule has 0 aromatic rings. The lowest BCUT2D eigenvalue weighted by molar-refractivity contribution is -0.143. The van der Waals surface area contributed by atoms with E-state index in [-0.39, 0.29) is 24.8 Å². The highest BCUT2D eigenvalue weighted by atomic mass is 32.2. The summed E-state index contributed by atoms with van der Waals surface area (Å²) in [5, 5.41) is 2.57. The van der Waals surface area contributed by atoms with Gasteiger partial charge in [-0.3, -0.25) is 9.59 Å². The molecule has 1 heterocycles. The van der Waals surface area contributed by atoms with Crippen LogP contribution in [0.15, 0.2) is 0 Å². The minimum Gasteiger partial charge on any atom is -0.466 e. The molecular formula is C11H20N2O5S. The van der Waals surface area contributed by atoms with Crippen molar-refractivity contribution in [3.63, 3.8) is 0 Å². The van der Waals surface area contributed by atoms with E-state index in [2.05, 4.69) is 5.32 Å². The maximum atomic E-state index is 11.9. The van der Waals surface area contributed by atoms with Crippen LogP contribution >= 0.6 is 0 Å². The van der Waals surface area contributed by atoms with Crippen molar-refractivity contribution in [1.82, 2.24) is 9.62 Å². The second-order valence-electron chi connectivity index (χ2n) is 4.38. The lowest BCUT2D eigenvalue weighted by atomic mass is 10.2. The van der Waals surface area contributed by atoms with Gasteiger partial charge in [0.2, 0.25) is 15.9 Å². The smallest absolute Gasteiger partial charge is 0.307 e. The first-order valence-corrected chi connectivity index (χ1v) is 8.11. The molecule has 110 valence electrons. The van der Waals surface area contributed by atoms with Gasteiger partial charge in [-0.2, -0.15) is 4.31 Å². The standard InChI is InChI=1S/C11H20N2O5S/c1-3-18-10(14)6-7-12-11(15)9-5-4-8-13(9)19(2,16)17/h9H,3-8H2,1-2H3,(H,12,15). The molecule has 1 aliphatic heterocycles. The van der Waals surface area contributed by atoms with Gasteiger partial charge < -0.3 is 10.1 Å². The fourth-order valence-electron chi connectivity index (χ4n) is 2.04. The van der Waals surface area contributed by atoms with Crippen LogP contribution in [0.25, 0.3) is 0 Å². The Kier molecular flexibility index (Phi) is 5.74. The summed E-state index contributed by atoms with van der Waals surface area (Å²) in [5.41, 5.74) is 0. The number of amides is 1. The van der Waals surface area contributed by atoms with Crippen molar-refractivity contribution in [3.8, 4) is 0 Å². The van der Waals surface area contributed by atoms with Gasteiger partial charge in [0.1, 0.15) is 6.04 Å². The Labute approximate surface area is 113 Å². The van der Waals surface area contributed by atoms with Gasteiger partial charge in [-0.1, -0.05) is 0 Å². The number of hydrogen-bond donors (Lipinski definition) is 1. The van der Waals surface area contributed by atoms with E-state index < -0.39 is 16.1 Å².